The minimum absolute atomic E-state index is 0.109. The Morgan fingerprint density at radius 2 is 0.723 bits per heavy atom. The molecular formula is C42H82O5. The molecule has 0 bridgehead atoms. The highest BCUT2D eigenvalue weighted by Gasteiger charge is 2.12. The first-order valence-electron chi connectivity index (χ1n) is 20.8. The molecule has 0 saturated carbocycles. The lowest BCUT2D eigenvalue weighted by molar-refractivity contribution is -0.152. The Morgan fingerprint density at radius 1 is 0.447 bits per heavy atom. The molecule has 0 heterocycles. The third kappa shape index (κ3) is 37.6. The fourth-order valence-corrected chi connectivity index (χ4v) is 6.25. The van der Waals surface area contributed by atoms with Crippen LogP contribution in [0.2, 0.25) is 0 Å². The molecule has 0 radical (unpaired) electrons. The molecule has 280 valence electrons. The summed E-state index contributed by atoms with van der Waals surface area (Å²) in [6.45, 7) is 9.06. The van der Waals surface area contributed by atoms with Gasteiger partial charge in [-0.15, -0.1) is 0 Å². The second-order valence-electron chi connectivity index (χ2n) is 15.2. The van der Waals surface area contributed by atoms with Crippen molar-refractivity contribution in [3.8, 4) is 0 Å². The van der Waals surface area contributed by atoms with Gasteiger partial charge in [0.05, 0.1) is 0 Å². The Hall–Kier alpha value is -1.10. The van der Waals surface area contributed by atoms with Gasteiger partial charge in [0.25, 0.3) is 0 Å². The van der Waals surface area contributed by atoms with E-state index in [4.69, 9.17) is 9.47 Å². The molecule has 0 fully saturated rings. The fraction of sp³-hybridized carbons (Fsp3) is 0.952. The van der Waals surface area contributed by atoms with Crippen LogP contribution in [0, 0.1) is 11.8 Å². The predicted octanol–water partition coefficient (Wildman–Crippen LogP) is 12.8. The van der Waals surface area contributed by atoms with Crippen molar-refractivity contribution < 1.29 is 24.2 Å². The van der Waals surface area contributed by atoms with Crippen LogP contribution in [0.5, 0.6) is 0 Å². The summed E-state index contributed by atoms with van der Waals surface area (Å²) in [5.41, 5.74) is 0. The lowest BCUT2D eigenvalue weighted by Gasteiger charge is -2.12. The van der Waals surface area contributed by atoms with E-state index < -0.39 is 6.10 Å². The Kier molecular flexibility index (Phi) is 35.3. The number of ether oxygens (including phenoxy) is 2. The second-order valence-corrected chi connectivity index (χ2v) is 15.2. The molecule has 5 heteroatoms. The van der Waals surface area contributed by atoms with Crippen molar-refractivity contribution in [3.63, 3.8) is 0 Å². The molecule has 0 amide bonds. The van der Waals surface area contributed by atoms with Gasteiger partial charge in [-0.25, -0.2) is 0 Å². The lowest BCUT2D eigenvalue weighted by atomic mass is 9.99. The van der Waals surface area contributed by atoms with Gasteiger partial charge in [-0.2, -0.15) is 0 Å². The summed E-state index contributed by atoms with van der Waals surface area (Å²) in [6.07, 6.45) is 37.3. The average molecular weight is 667 g/mol. The Bertz CT molecular complexity index is 663. The third-order valence-electron chi connectivity index (χ3n) is 9.81. The zero-order valence-electron chi connectivity index (χ0n) is 32.1. The average Bonchev–Trinajstić information content (AvgIpc) is 3.05. The molecule has 0 aliphatic heterocycles. The molecule has 0 aromatic carbocycles. The van der Waals surface area contributed by atoms with Gasteiger partial charge in [-0.1, -0.05) is 201 Å². The normalized spacial score (nSPS) is 12.8. The number of carbonyl (C=O) groups excluding carboxylic acids is 2. The maximum Gasteiger partial charge on any atom is 0.305 e. The molecule has 0 aliphatic rings. The first kappa shape index (κ1) is 45.9. The molecule has 0 rings (SSSR count). The number of unbranched alkanes of at least 4 members (excludes halogenated alkanes) is 24. The highest BCUT2D eigenvalue weighted by molar-refractivity contribution is 5.69. The Labute approximate surface area is 293 Å². The van der Waals surface area contributed by atoms with Crippen molar-refractivity contribution in [1.82, 2.24) is 0 Å². The smallest absolute Gasteiger partial charge is 0.305 e. The van der Waals surface area contributed by atoms with E-state index in [9.17, 15) is 14.7 Å². The number of aliphatic hydroxyl groups is 1. The molecule has 0 aromatic heterocycles. The molecule has 0 aliphatic carbocycles. The Balaban J connectivity index is 3.38. The van der Waals surface area contributed by atoms with E-state index in [1.807, 2.05) is 0 Å². The van der Waals surface area contributed by atoms with Crippen molar-refractivity contribution in [2.24, 2.45) is 11.8 Å². The van der Waals surface area contributed by atoms with Crippen molar-refractivity contribution >= 4 is 11.9 Å². The molecule has 5 nitrogen and oxygen atoms in total. The summed E-state index contributed by atoms with van der Waals surface area (Å²) in [6, 6.07) is 0. The van der Waals surface area contributed by atoms with E-state index in [0.717, 1.165) is 37.5 Å². The van der Waals surface area contributed by atoms with Crippen LogP contribution < -0.4 is 0 Å². The van der Waals surface area contributed by atoms with Gasteiger partial charge in [-0.05, 0) is 24.7 Å². The van der Waals surface area contributed by atoms with E-state index >= 15 is 0 Å². The van der Waals surface area contributed by atoms with Crippen LogP contribution in [-0.2, 0) is 19.1 Å². The largest absolute Gasteiger partial charge is 0.463 e. The van der Waals surface area contributed by atoms with Gasteiger partial charge in [0, 0.05) is 12.8 Å². The number of rotatable bonds is 37. The standard InChI is InChI=1S/C42H82O5/c1-5-39(4)33-29-25-21-17-14-15-19-23-27-31-35-42(45)47-37-40(43)36-46-41(44)34-30-26-22-18-13-11-9-7-6-8-10-12-16-20-24-28-32-38(2)3/h38-40,43H,5-37H2,1-4H3/t39?,40-/m0/s1. The zero-order valence-corrected chi connectivity index (χ0v) is 32.1. The van der Waals surface area contributed by atoms with Gasteiger partial charge < -0.3 is 14.6 Å². The summed E-state index contributed by atoms with van der Waals surface area (Å²) in [4.78, 5) is 24.0. The summed E-state index contributed by atoms with van der Waals surface area (Å²) in [7, 11) is 0. The summed E-state index contributed by atoms with van der Waals surface area (Å²) >= 11 is 0. The number of hydrogen-bond donors (Lipinski definition) is 1. The van der Waals surface area contributed by atoms with Gasteiger partial charge in [0.1, 0.15) is 19.3 Å². The van der Waals surface area contributed by atoms with E-state index in [1.165, 1.54) is 161 Å². The molecule has 0 aromatic rings. The van der Waals surface area contributed by atoms with Gasteiger partial charge >= 0.3 is 11.9 Å². The van der Waals surface area contributed by atoms with Crippen LogP contribution in [-0.4, -0.2) is 36.4 Å². The van der Waals surface area contributed by atoms with Crippen LogP contribution >= 0.6 is 0 Å². The topological polar surface area (TPSA) is 72.8 Å². The lowest BCUT2D eigenvalue weighted by Crippen LogP contribution is -2.25. The molecule has 1 N–H and O–H groups in total. The van der Waals surface area contributed by atoms with Gasteiger partial charge in [0.15, 0.2) is 0 Å². The second kappa shape index (κ2) is 36.2. The van der Waals surface area contributed by atoms with Crippen LogP contribution in [0.1, 0.15) is 227 Å². The van der Waals surface area contributed by atoms with E-state index in [2.05, 4.69) is 27.7 Å². The predicted molar refractivity (Wildman–Crippen MR) is 201 cm³/mol. The molecule has 1 unspecified atom stereocenters. The van der Waals surface area contributed by atoms with Crippen molar-refractivity contribution in [2.75, 3.05) is 13.2 Å². The summed E-state index contributed by atoms with van der Waals surface area (Å²) in [5.74, 6) is 1.19. The maximum atomic E-state index is 12.0. The van der Waals surface area contributed by atoms with Gasteiger partial charge in [-0.3, -0.25) is 9.59 Å². The number of hydrogen-bond acceptors (Lipinski definition) is 5. The van der Waals surface area contributed by atoms with E-state index in [-0.39, 0.29) is 25.2 Å². The first-order valence-corrected chi connectivity index (χ1v) is 20.8. The SMILES string of the molecule is CCC(C)CCCCCCCCCCCCC(=O)OC[C@@H](O)COC(=O)CCCCCCCCCCCCCCCCCCC(C)C. The molecular weight excluding hydrogens is 584 g/mol. The van der Waals surface area contributed by atoms with Crippen LogP contribution in [0.15, 0.2) is 0 Å². The van der Waals surface area contributed by atoms with Crippen LogP contribution in [0.4, 0.5) is 0 Å². The maximum absolute atomic E-state index is 12.0. The van der Waals surface area contributed by atoms with Crippen LogP contribution in [0.25, 0.3) is 0 Å². The molecule has 0 saturated heterocycles. The molecule has 47 heavy (non-hydrogen) atoms. The van der Waals surface area contributed by atoms with Gasteiger partial charge in [0.2, 0.25) is 0 Å². The first-order chi connectivity index (χ1) is 22.8. The summed E-state index contributed by atoms with van der Waals surface area (Å²) < 4.78 is 10.4. The van der Waals surface area contributed by atoms with Crippen LogP contribution in [0.3, 0.4) is 0 Å². The third-order valence-corrected chi connectivity index (χ3v) is 9.81. The monoisotopic (exact) mass is 667 g/mol. The quantitative estimate of drug-likeness (QED) is 0.0527. The van der Waals surface area contributed by atoms with Crippen molar-refractivity contribution in [3.05, 3.63) is 0 Å². The van der Waals surface area contributed by atoms with E-state index in [1.54, 1.807) is 0 Å². The zero-order chi connectivity index (χ0) is 34.6. The molecule has 0 spiro atoms. The number of esters is 2. The van der Waals surface area contributed by atoms with Crippen molar-refractivity contribution in [1.29, 1.82) is 0 Å². The fourth-order valence-electron chi connectivity index (χ4n) is 6.25. The highest BCUT2D eigenvalue weighted by Crippen LogP contribution is 2.17. The number of carbonyl (C=O) groups is 2. The minimum atomic E-state index is -0.956. The minimum Gasteiger partial charge on any atom is -0.463 e. The highest BCUT2D eigenvalue weighted by atomic mass is 16.6. The van der Waals surface area contributed by atoms with E-state index in [0.29, 0.717) is 12.8 Å². The molecule has 2 atom stereocenters. The Morgan fingerprint density at radius 3 is 1.02 bits per heavy atom. The summed E-state index contributed by atoms with van der Waals surface area (Å²) in [5, 5.41) is 10.0. The van der Waals surface area contributed by atoms with Crippen molar-refractivity contribution in [2.45, 2.75) is 233 Å². The number of aliphatic hydroxyl groups excluding tert-OH is 1.